The lowest BCUT2D eigenvalue weighted by Crippen LogP contribution is -2.13. The Labute approximate surface area is 139 Å². The normalized spacial score (nSPS) is 10.8. The molecule has 8 heteroatoms. The third-order valence-corrected chi connectivity index (χ3v) is 4.29. The maximum Gasteiger partial charge on any atom is 0.268 e. The number of hydrogen-bond donors (Lipinski definition) is 2. The van der Waals surface area contributed by atoms with Gasteiger partial charge in [0.15, 0.2) is 11.6 Å². The van der Waals surface area contributed by atoms with Crippen molar-refractivity contribution in [2.75, 3.05) is 5.32 Å². The van der Waals surface area contributed by atoms with Crippen LogP contribution in [0.5, 0.6) is 0 Å². The van der Waals surface area contributed by atoms with Crippen molar-refractivity contribution in [1.29, 1.82) is 0 Å². The largest absolute Gasteiger partial charge is 0.461 e. The number of aromatic amines is 1. The molecule has 0 aliphatic carbocycles. The molecule has 0 saturated heterocycles. The van der Waals surface area contributed by atoms with Gasteiger partial charge in [0.05, 0.1) is 11.1 Å². The minimum atomic E-state index is -0.437. The number of amides is 1. The molecule has 0 fully saturated rings. The SMILES string of the molecule is O=C(Nc1n[nH]c(-c2ccco2)n1)c1cc2ccccc2c(=O)s1. The fraction of sp³-hybridized carbons (Fsp3) is 0. The van der Waals surface area contributed by atoms with Gasteiger partial charge in [-0.05, 0) is 29.7 Å². The average Bonchev–Trinajstić information content (AvgIpc) is 3.26. The van der Waals surface area contributed by atoms with Crippen LogP contribution in [-0.4, -0.2) is 21.1 Å². The monoisotopic (exact) mass is 338 g/mol. The fourth-order valence-electron chi connectivity index (χ4n) is 2.25. The molecule has 118 valence electrons. The van der Waals surface area contributed by atoms with Gasteiger partial charge in [-0.1, -0.05) is 29.5 Å². The molecule has 0 saturated carbocycles. The first-order valence-corrected chi connectivity index (χ1v) is 7.83. The number of anilines is 1. The Morgan fingerprint density at radius 2 is 2.08 bits per heavy atom. The molecular weight excluding hydrogens is 328 g/mol. The summed E-state index contributed by atoms with van der Waals surface area (Å²) in [5.74, 6) is 0.590. The first kappa shape index (κ1) is 14.3. The van der Waals surface area contributed by atoms with Crippen molar-refractivity contribution in [3.63, 3.8) is 0 Å². The van der Waals surface area contributed by atoms with Gasteiger partial charge in [-0.25, -0.2) is 0 Å². The summed E-state index contributed by atoms with van der Waals surface area (Å²) in [5, 5.41) is 10.5. The Bertz CT molecular complexity index is 1080. The van der Waals surface area contributed by atoms with Crippen LogP contribution in [0.25, 0.3) is 22.4 Å². The summed E-state index contributed by atoms with van der Waals surface area (Å²) in [6.45, 7) is 0. The summed E-state index contributed by atoms with van der Waals surface area (Å²) in [5.41, 5.74) is 0. The number of hydrogen-bond acceptors (Lipinski definition) is 6. The Kier molecular flexibility index (Phi) is 3.43. The molecule has 1 amide bonds. The summed E-state index contributed by atoms with van der Waals surface area (Å²) in [7, 11) is 0. The van der Waals surface area contributed by atoms with Crippen molar-refractivity contribution >= 4 is 34.0 Å². The van der Waals surface area contributed by atoms with Crippen LogP contribution in [0, 0.1) is 0 Å². The van der Waals surface area contributed by atoms with Crippen molar-refractivity contribution in [1.82, 2.24) is 15.2 Å². The maximum absolute atomic E-state index is 12.3. The first-order valence-electron chi connectivity index (χ1n) is 7.01. The highest BCUT2D eigenvalue weighted by Crippen LogP contribution is 2.18. The molecule has 3 heterocycles. The third kappa shape index (κ3) is 2.59. The van der Waals surface area contributed by atoms with E-state index in [1.165, 1.54) is 6.26 Å². The second-order valence-corrected chi connectivity index (χ2v) is 5.94. The molecule has 4 aromatic rings. The first-order chi connectivity index (χ1) is 11.7. The van der Waals surface area contributed by atoms with E-state index in [1.807, 2.05) is 6.07 Å². The van der Waals surface area contributed by atoms with Crippen molar-refractivity contribution in [2.24, 2.45) is 0 Å². The van der Waals surface area contributed by atoms with Crippen LogP contribution in [0.2, 0.25) is 0 Å². The summed E-state index contributed by atoms with van der Waals surface area (Å²) >= 11 is 0.887. The van der Waals surface area contributed by atoms with Gasteiger partial charge in [-0.2, -0.15) is 4.98 Å². The van der Waals surface area contributed by atoms with Gasteiger partial charge in [0.2, 0.25) is 10.7 Å². The quantitative estimate of drug-likeness (QED) is 0.598. The lowest BCUT2D eigenvalue weighted by Gasteiger charge is -2.01. The van der Waals surface area contributed by atoms with Gasteiger partial charge in [0.25, 0.3) is 5.91 Å². The number of nitrogens with one attached hydrogen (secondary N) is 2. The third-order valence-electron chi connectivity index (χ3n) is 3.36. The number of carbonyl (C=O) groups excluding carboxylic acids is 1. The zero-order valence-electron chi connectivity index (χ0n) is 12.1. The van der Waals surface area contributed by atoms with Gasteiger partial charge < -0.3 is 4.42 Å². The van der Waals surface area contributed by atoms with E-state index in [4.69, 9.17) is 4.42 Å². The Morgan fingerprint density at radius 1 is 1.21 bits per heavy atom. The van der Waals surface area contributed by atoms with E-state index < -0.39 is 5.91 Å². The Hall–Kier alpha value is -3.26. The highest BCUT2D eigenvalue weighted by molar-refractivity contribution is 7.12. The molecule has 0 bridgehead atoms. The van der Waals surface area contributed by atoms with Crippen LogP contribution in [0.15, 0.2) is 57.9 Å². The molecule has 0 unspecified atom stereocenters. The van der Waals surface area contributed by atoms with Crippen LogP contribution < -0.4 is 10.1 Å². The molecule has 2 N–H and O–H groups in total. The number of H-pyrrole nitrogens is 1. The van der Waals surface area contributed by atoms with Crippen LogP contribution in [0.3, 0.4) is 0 Å². The fourth-order valence-corrected chi connectivity index (χ4v) is 3.08. The van der Waals surface area contributed by atoms with Crippen LogP contribution in [0.4, 0.5) is 5.95 Å². The second-order valence-electron chi connectivity index (χ2n) is 4.92. The summed E-state index contributed by atoms with van der Waals surface area (Å²) in [4.78, 5) is 28.9. The average molecular weight is 338 g/mol. The van der Waals surface area contributed by atoms with Crippen LogP contribution >= 0.6 is 11.3 Å². The zero-order chi connectivity index (χ0) is 16.5. The van der Waals surface area contributed by atoms with Crippen molar-refractivity contribution < 1.29 is 9.21 Å². The lowest BCUT2D eigenvalue weighted by molar-refractivity contribution is 0.102. The van der Waals surface area contributed by atoms with Crippen molar-refractivity contribution in [3.05, 3.63) is 63.1 Å². The van der Waals surface area contributed by atoms with Gasteiger partial charge in [0, 0.05) is 5.39 Å². The van der Waals surface area contributed by atoms with Crippen LogP contribution in [0.1, 0.15) is 9.67 Å². The smallest absolute Gasteiger partial charge is 0.268 e. The molecule has 0 aliphatic rings. The van der Waals surface area contributed by atoms with E-state index in [0.29, 0.717) is 21.8 Å². The molecule has 1 aromatic carbocycles. The zero-order valence-corrected chi connectivity index (χ0v) is 13.0. The predicted molar refractivity (Wildman–Crippen MR) is 90.1 cm³/mol. The summed E-state index contributed by atoms with van der Waals surface area (Å²) < 4.78 is 5.04. The number of rotatable bonds is 3. The van der Waals surface area contributed by atoms with Gasteiger partial charge in [0.1, 0.15) is 0 Å². The van der Waals surface area contributed by atoms with E-state index >= 15 is 0 Å². The van der Waals surface area contributed by atoms with E-state index in [2.05, 4.69) is 20.5 Å². The van der Waals surface area contributed by atoms with E-state index in [9.17, 15) is 9.59 Å². The minimum absolute atomic E-state index is 0.110. The molecule has 7 nitrogen and oxygen atoms in total. The van der Waals surface area contributed by atoms with Crippen molar-refractivity contribution in [3.8, 4) is 11.6 Å². The van der Waals surface area contributed by atoms with E-state index in [1.54, 1.807) is 36.4 Å². The van der Waals surface area contributed by atoms with Gasteiger partial charge in [-0.15, -0.1) is 5.10 Å². The minimum Gasteiger partial charge on any atom is -0.461 e. The standard InChI is InChI=1S/C16H10N4O3S/c21-14(12-8-9-4-1-2-5-10(9)15(22)24-12)18-16-17-13(19-20-16)11-6-3-7-23-11/h1-8H,(H2,17,18,19,20,21). The highest BCUT2D eigenvalue weighted by Gasteiger charge is 2.14. The number of benzene rings is 1. The predicted octanol–water partition coefficient (Wildman–Crippen LogP) is 2.89. The van der Waals surface area contributed by atoms with Gasteiger partial charge in [-0.3, -0.25) is 20.0 Å². The topological polar surface area (TPSA) is 101 Å². The van der Waals surface area contributed by atoms with E-state index in [-0.39, 0.29) is 10.7 Å². The molecule has 0 atom stereocenters. The van der Waals surface area contributed by atoms with Crippen molar-refractivity contribution in [2.45, 2.75) is 0 Å². The number of aromatic nitrogens is 3. The molecule has 24 heavy (non-hydrogen) atoms. The Morgan fingerprint density at radius 3 is 2.92 bits per heavy atom. The molecule has 0 radical (unpaired) electrons. The summed E-state index contributed by atoms with van der Waals surface area (Å²) in [6, 6.07) is 12.3. The highest BCUT2D eigenvalue weighted by atomic mass is 32.1. The molecule has 0 aliphatic heterocycles. The lowest BCUT2D eigenvalue weighted by atomic mass is 10.2. The number of furan rings is 1. The molecule has 4 rings (SSSR count). The molecular formula is C16H10N4O3S. The van der Waals surface area contributed by atoms with Gasteiger partial charge >= 0.3 is 0 Å². The van der Waals surface area contributed by atoms with Crippen LogP contribution in [-0.2, 0) is 0 Å². The Balaban J connectivity index is 1.62. The maximum atomic E-state index is 12.3. The second kappa shape index (κ2) is 5.74. The molecule has 0 spiro atoms. The molecule has 3 aromatic heterocycles. The number of carbonyl (C=O) groups is 1. The summed E-state index contributed by atoms with van der Waals surface area (Å²) in [6.07, 6.45) is 1.52. The number of nitrogens with zero attached hydrogens (tertiary/aromatic N) is 2. The van der Waals surface area contributed by atoms with E-state index in [0.717, 1.165) is 16.7 Å². The number of fused-ring (bicyclic) bond motifs is 1.